The van der Waals surface area contributed by atoms with Gasteiger partial charge in [0.25, 0.3) is 11.8 Å². The Morgan fingerprint density at radius 2 is 1.76 bits per heavy atom. The maximum atomic E-state index is 12.8. The second-order valence-electron chi connectivity index (χ2n) is 6.16. The number of hydrogen-bond donors (Lipinski definition) is 1. The van der Waals surface area contributed by atoms with Crippen molar-refractivity contribution in [3.8, 4) is 5.75 Å². The molecule has 25 heavy (non-hydrogen) atoms. The molecule has 4 rings (SSSR count). The van der Waals surface area contributed by atoms with Crippen LogP contribution in [-0.2, 0) is 4.79 Å². The lowest BCUT2D eigenvalue weighted by molar-refractivity contribution is -0.118. The molecule has 0 spiro atoms. The number of carbonyl (C=O) groups excluding carboxylic acids is 2. The van der Waals surface area contributed by atoms with E-state index in [1.807, 2.05) is 23.1 Å². The number of nitrogens with one attached hydrogen (secondary N) is 1. The molecule has 0 atom stereocenters. The van der Waals surface area contributed by atoms with E-state index in [1.165, 1.54) is 5.69 Å². The molecule has 6 nitrogen and oxygen atoms in total. The summed E-state index contributed by atoms with van der Waals surface area (Å²) in [5.41, 5.74) is 2.39. The van der Waals surface area contributed by atoms with Crippen molar-refractivity contribution in [1.29, 1.82) is 0 Å². The minimum absolute atomic E-state index is 0.00369. The van der Waals surface area contributed by atoms with Crippen molar-refractivity contribution in [2.24, 2.45) is 0 Å². The zero-order valence-electron chi connectivity index (χ0n) is 13.8. The third-order valence-electron chi connectivity index (χ3n) is 4.55. The molecule has 2 aliphatic heterocycles. The van der Waals surface area contributed by atoms with E-state index in [4.69, 9.17) is 4.74 Å². The standard InChI is InChI=1S/C19H19N3O3/c23-18-13-25-17-12-14(6-7-16(17)20-18)19(24)22-10-8-21(9-11-22)15-4-2-1-3-5-15/h1-7,12H,8-11,13H2,(H,20,23). The summed E-state index contributed by atoms with van der Waals surface area (Å²) in [5, 5.41) is 2.73. The van der Waals surface area contributed by atoms with E-state index in [0.29, 0.717) is 30.1 Å². The van der Waals surface area contributed by atoms with Gasteiger partial charge in [0, 0.05) is 37.4 Å². The van der Waals surface area contributed by atoms with Gasteiger partial charge in [-0.05, 0) is 30.3 Å². The van der Waals surface area contributed by atoms with Gasteiger partial charge in [0.1, 0.15) is 5.75 Å². The van der Waals surface area contributed by atoms with Gasteiger partial charge in [-0.15, -0.1) is 0 Å². The number of hydrogen-bond acceptors (Lipinski definition) is 4. The summed E-state index contributed by atoms with van der Waals surface area (Å²) in [6.45, 7) is 2.98. The number of nitrogens with zero attached hydrogens (tertiary/aromatic N) is 2. The predicted octanol–water partition coefficient (Wildman–Crippen LogP) is 1.98. The number of amides is 2. The Bertz CT molecular complexity index is 799. The summed E-state index contributed by atoms with van der Waals surface area (Å²) in [7, 11) is 0. The number of ether oxygens (including phenoxy) is 1. The highest BCUT2D eigenvalue weighted by molar-refractivity contribution is 5.99. The lowest BCUT2D eigenvalue weighted by Crippen LogP contribution is -2.48. The number of anilines is 2. The summed E-state index contributed by atoms with van der Waals surface area (Å²) < 4.78 is 5.40. The Morgan fingerprint density at radius 1 is 1.00 bits per heavy atom. The van der Waals surface area contributed by atoms with Crippen molar-refractivity contribution < 1.29 is 14.3 Å². The van der Waals surface area contributed by atoms with Crippen LogP contribution in [-0.4, -0.2) is 49.5 Å². The first-order valence-electron chi connectivity index (χ1n) is 8.37. The third-order valence-corrected chi connectivity index (χ3v) is 4.55. The van der Waals surface area contributed by atoms with Crippen LogP contribution in [0, 0.1) is 0 Å². The molecule has 6 heteroatoms. The van der Waals surface area contributed by atoms with E-state index >= 15 is 0 Å². The van der Waals surface area contributed by atoms with Crippen LogP contribution in [0.3, 0.4) is 0 Å². The molecular formula is C19H19N3O3. The fraction of sp³-hybridized carbons (Fsp3) is 0.263. The molecule has 2 amide bonds. The van der Waals surface area contributed by atoms with E-state index < -0.39 is 0 Å². The van der Waals surface area contributed by atoms with Gasteiger partial charge in [-0.1, -0.05) is 18.2 Å². The van der Waals surface area contributed by atoms with Crippen LogP contribution in [0.4, 0.5) is 11.4 Å². The molecule has 0 radical (unpaired) electrons. The van der Waals surface area contributed by atoms with Crippen molar-refractivity contribution in [1.82, 2.24) is 4.90 Å². The van der Waals surface area contributed by atoms with Gasteiger partial charge in [-0.25, -0.2) is 0 Å². The van der Waals surface area contributed by atoms with E-state index in [9.17, 15) is 9.59 Å². The van der Waals surface area contributed by atoms with Gasteiger partial charge < -0.3 is 19.9 Å². The fourth-order valence-corrected chi connectivity index (χ4v) is 3.20. The second kappa shape index (κ2) is 6.47. The molecule has 0 bridgehead atoms. The van der Waals surface area contributed by atoms with E-state index in [0.717, 1.165) is 13.1 Å². The van der Waals surface area contributed by atoms with Gasteiger partial charge in [0.2, 0.25) is 0 Å². The summed E-state index contributed by atoms with van der Waals surface area (Å²) in [4.78, 5) is 28.2. The highest BCUT2D eigenvalue weighted by Gasteiger charge is 2.24. The van der Waals surface area contributed by atoms with Crippen LogP contribution in [0.15, 0.2) is 48.5 Å². The molecule has 0 aliphatic carbocycles. The lowest BCUT2D eigenvalue weighted by Gasteiger charge is -2.36. The van der Waals surface area contributed by atoms with Gasteiger partial charge in [0.15, 0.2) is 6.61 Å². The van der Waals surface area contributed by atoms with Crippen molar-refractivity contribution in [3.63, 3.8) is 0 Å². The fourth-order valence-electron chi connectivity index (χ4n) is 3.20. The van der Waals surface area contributed by atoms with Gasteiger partial charge in [-0.2, -0.15) is 0 Å². The quantitative estimate of drug-likeness (QED) is 0.910. The molecule has 0 unspecified atom stereocenters. The maximum absolute atomic E-state index is 12.8. The largest absolute Gasteiger partial charge is 0.482 e. The summed E-state index contributed by atoms with van der Waals surface area (Å²) in [5.74, 6) is 0.369. The molecule has 1 N–H and O–H groups in total. The smallest absolute Gasteiger partial charge is 0.262 e. The molecule has 0 aromatic heterocycles. The van der Waals surface area contributed by atoms with E-state index in [1.54, 1.807) is 18.2 Å². The highest BCUT2D eigenvalue weighted by atomic mass is 16.5. The van der Waals surface area contributed by atoms with Crippen LogP contribution in [0.1, 0.15) is 10.4 Å². The molecule has 0 saturated carbocycles. The average Bonchev–Trinajstić information content (AvgIpc) is 2.68. The number of rotatable bonds is 2. The predicted molar refractivity (Wildman–Crippen MR) is 95.1 cm³/mol. The average molecular weight is 337 g/mol. The Kier molecular flexibility index (Phi) is 4.01. The third kappa shape index (κ3) is 3.15. The summed E-state index contributed by atoms with van der Waals surface area (Å²) >= 11 is 0. The second-order valence-corrected chi connectivity index (χ2v) is 6.16. The zero-order valence-corrected chi connectivity index (χ0v) is 13.8. The first kappa shape index (κ1) is 15.5. The van der Waals surface area contributed by atoms with Gasteiger partial charge in [0.05, 0.1) is 5.69 Å². The van der Waals surface area contributed by atoms with Crippen LogP contribution in [0.5, 0.6) is 5.75 Å². The van der Waals surface area contributed by atoms with Crippen LogP contribution in [0.25, 0.3) is 0 Å². The Labute approximate surface area is 146 Å². The highest BCUT2D eigenvalue weighted by Crippen LogP contribution is 2.29. The number of benzene rings is 2. The lowest BCUT2D eigenvalue weighted by atomic mass is 10.1. The number of fused-ring (bicyclic) bond motifs is 1. The SMILES string of the molecule is O=C1COc2cc(C(=O)N3CCN(c4ccccc4)CC3)ccc2N1. The van der Waals surface area contributed by atoms with E-state index in [-0.39, 0.29) is 18.4 Å². The number of carbonyl (C=O) groups is 2. The van der Waals surface area contributed by atoms with Crippen LogP contribution >= 0.6 is 0 Å². The minimum atomic E-state index is -0.177. The van der Waals surface area contributed by atoms with Crippen LogP contribution < -0.4 is 15.0 Å². The molecule has 128 valence electrons. The normalized spacial score (nSPS) is 16.7. The van der Waals surface area contributed by atoms with Gasteiger partial charge in [-0.3, -0.25) is 9.59 Å². The Morgan fingerprint density at radius 3 is 2.52 bits per heavy atom. The molecule has 2 aliphatic rings. The first-order chi connectivity index (χ1) is 12.2. The van der Waals surface area contributed by atoms with Crippen molar-refractivity contribution >= 4 is 23.2 Å². The minimum Gasteiger partial charge on any atom is -0.482 e. The molecule has 1 saturated heterocycles. The summed E-state index contributed by atoms with van der Waals surface area (Å²) in [6, 6.07) is 15.4. The maximum Gasteiger partial charge on any atom is 0.262 e. The first-order valence-corrected chi connectivity index (χ1v) is 8.37. The molecule has 2 aromatic rings. The van der Waals surface area contributed by atoms with Crippen molar-refractivity contribution in [2.75, 3.05) is 43.0 Å². The number of piperazine rings is 1. The molecule has 1 fully saturated rings. The Hall–Kier alpha value is -3.02. The zero-order chi connectivity index (χ0) is 17.2. The Balaban J connectivity index is 1.43. The van der Waals surface area contributed by atoms with Crippen LogP contribution in [0.2, 0.25) is 0 Å². The van der Waals surface area contributed by atoms with Gasteiger partial charge >= 0.3 is 0 Å². The topological polar surface area (TPSA) is 61.9 Å². The summed E-state index contributed by atoms with van der Waals surface area (Å²) in [6.07, 6.45) is 0. The molecular weight excluding hydrogens is 318 g/mol. The van der Waals surface area contributed by atoms with E-state index in [2.05, 4.69) is 22.3 Å². The molecule has 2 heterocycles. The monoisotopic (exact) mass is 337 g/mol. The van der Waals surface area contributed by atoms with Crippen molar-refractivity contribution in [3.05, 3.63) is 54.1 Å². The van der Waals surface area contributed by atoms with Crippen molar-refractivity contribution in [2.45, 2.75) is 0 Å². The number of para-hydroxylation sites is 1. The molecule has 2 aromatic carbocycles.